The van der Waals surface area contributed by atoms with Crippen molar-refractivity contribution in [3.8, 4) is 22.6 Å². The highest BCUT2D eigenvalue weighted by Crippen LogP contribution is 2.26. The first kappa shape index (κ1) is 17.9. The van der Waals surface area contributed by atoms with Crippen LogP contribution in [0.1, 0.15) is 11.7 Å². The van der Waals surface area contributed by atoms with Gasteiger partial charge in [0.05, 0.1) is 0 Å². The van der Waals surface area contributed by atoms with Crippen LogP contribution in [0.5, 0.6) is 11.5 Å². The lowest BCUT2D eigenvalue weighted by Crippen LogP contribution is -2.16. The van der Waals surface area contributed by atoms with Gasteiger partial charge in [-0.15, -0.1) is 0 Å². The van der Waals surface area contributed by atoms with Gasteiger partial charge in [-0.2, -0.15) is 0 Å². The molecule has 0 aliphatic carbocycles. The summed E-state index contributed by atoms with van der Waals surface area (Å²) in [7, 11) is 0. The summed E-state index contributed by atoms with van der Waals surface area (Å²) in [5.41, 5.74) is 3.45. The molecule has 0 saturated heterocycles. The Morgan fingerprint density at radius 3 is 1.68 bits per heavy atom. The van der Waals surface area contributed by atoms with E-state index >= 15 is 0 Å². The fraction of sp³-hybridized carbons (Fsp3) is 0.0769. The summed E-state index contributed by atoms with van der Waals surface area (Å²) in [6.45, 7) is 0.439. The monoisotopic (exact) mass is 366 g/mol. The van der Waals surface area contributed by atoms with Crippen LogP contribution < -0.4 is 9.47 Å². The summed E-state index contributed by atoms with van der Waals surface area (Å²) in [5, 5.41) is 0. The average molecular weight is 366 g/mol. The third-order valence-electron chi connectivity index (χ3n) is 4.56. The van der Waals surface area contributed by atoms with Gasteiger partial charge in [-0.1, -0.05) is 91.0 Å². The van der Waals surface area contributed by atoms with E-state index in [4.69, 9.17) is 9.47 Å². The largest absolute Gasteiger partial charge is 0.489 e. The van der Waals surface area contributed by atoms with E-state index in [1.807, 2.05) is 78.9 Å². The Morgan fingerprint density at radius 2 is 1.04 bits per heavy atom. The predicted octanol–water partition coefficient (Wildman–Crippen LogP) is 6.55. The molecule has 0 N–H and O–H groups in total. The van der Waals surface area contributed by atoms with Gasteiger partial charge < -0.3 is 9.47 Å². The summed E-state index contributed by atoms with van der Waals surface area (Å²) in [5.74, 6) is 1.66. The maximum atomic E-state index is 6.29. The third-order valence-corrected chi connectivity index (χ3v) is 4.56. The van der Waals surface area contributed by atoms with Gasteiger partial charge in [-0.25, -0.2) is 0 Å². The molecule has 2 nitrogen and oxygen atoms in total. The van der Waals surface area contributed by atoms with Crippen molar-refractivity contribution in [1.29, 1.82) is 0 Å². The van der Waals surface area contributed by atoms with Crippen LogP contribution in [-0.4, -0.2) is 6.61 Å². The molecule has 0 radical (unpaired) electrons. The zero-order chi connectivity index (χ0) is 19.0. The standard InChI is InChI=1S/C26H22O2/c1-4-10-21(11-5-1)22-16-18-25(19-17-22)28-26(23-12-6-2-7-13-23)20-27-24-14-8-3-9-15-24/h1-19,26H,20H2. The lowest BCUT2D eigenvalue weighted by molar-refractivity contribution is 0.129. The van der Waals surface area contributed by atoms with E-state index in [0.717, 1.165) is 17.1 Å². The molecular formula is C26H22O2. The molecule has 0 heterocycles. The molecule has 4 aromatic rings. The second-order valence-corrected chi connectivity index (χ2v) is 6.53. The summed E-state index contributed by atoms with van der Waals surface area (Å²) < 4.78 is 12.3. The van der Waals surface area contributed by atoms with Crippen LogP contribution in [0.4, 0.5) is 0 Å². The van der Waals surface area contributed by atoms with Crippen molar-refractivity contribution in [2.24, 2.45) is 0 Å². The highest BCUT2D eigenvalue weighted by atomic mass is 16.5. The first-order chi connectivity index (χ1) is 13.9. The molecule has 0 saturated carbocycles. The fourth-order valence-corrected chi connectivity index (χ4v) is 3.08. The van der Waals surface area contributed by atoms with Gasteiger partial charge >= 0.3 is 0 Å². The smallest absolute Gasteiger partial charge is 0.158 e. The molecule has 0 aliphatic heterocycles. The minimum atomic E-state index is -0.191. The van der Waals surface area contributed by atoms with Crippen LogP contribution in [0, 0.1) is 0 Å². The van der Waals surface area contributed by atoms with Gasteiger partial charge in [0.25, 0.3) is 0 Å². The highest BCUT2D eigenvalue weighted by Gasteiger charge is 2.14. The van der Waals surface area contributed by atoms with Gasteiger partial charge in [0.15, 0.2) is 6.10 Å². The summed E-state index contributed by atoms with van der Waals surface area (Å²) in [6, 6.07) is 38.5. The molecule has 0 bridgehead atoms. The van der Waals surface area contributed by atoms with E-state index in [9.17, 15) is 0 Å². The summed E-state index contributed by atoms with van der Waals surface area (Å²) in [6.07, 6.45) is -0.191. The normalized spacial score (nSPS) is 11.6. The van der Waals surface area contributed by atoms with E-state index in [2.05, 4.69) is 36.4 Å². The molecule has 0 aromatic heterocycles. The maximum absolute atomic E-state index is 6.29. The van der Waals surface area contributed by atoms with Gasteiger partial charge in [0.1, 0.15) is 18.1 Å². The average Bonchev–Trinajstić information content (AvgIpc) is 2.79. The van der Waals surface area contributed by atoms with Crippen LogP contribution in [-0.2, 0) is 0 Å². The second kappa shape index (κ2) is 8.92. The number of ether oxygens (including phenoxy) is 2. The van der Waals surface area contributed by atoms with Crippen molar-refractivity contribution < 1.29 is 9.47 Å². The van der Waals surface area contributed by atoms with Crippen LogP contribution >= 0.6 is 0 Å². The summed E-state index contributed by atoms with van der Waals surface area (Å²) in [4.78, 5) is 0. The lowest BCUT2D eigenvalue weighted by atomic mass is 10.1. The fourth-order valence-electron chi connectivity index (χ4n) is 3.08. The van der Waals surface area contributed by atoms with E-state index in [-0.39, 0.29) is 6.10 Å². The van der Waals surface area contributed by atoms with Crippen molar-refractivity contribution in [2.45, 2.75) is 6.10 Å². The minimum Gasteiger partial charge on any atom is -0.489 e. The van der Waals surface area contributed by atoms with Crippen LogP contribution in [0.15, 0.2) is 115 Å². The van der Waals surface area contributed by atoms with Crippen LogP contribution in [0.3, 0.4) is 0 Å². The van der Waals surface area contributed by atoms with Gasteiger partial charge in [-0.05, 0) is 41.0 Å². The third kappa shape index (κ3) is 4.60. The SMILES string of the molecule is c1ccc(OCC(Oc2ccc(-c3ccccc3)cc2)c2ccccc2)cc1. The van der Waals surface area contributed by atoms with Crippen LogP contribution in [0.2, 0.25) is 0 Å². The Kier molecular flexibility index (Phi) is 5.69. The number of hydrogen-bond acceptors (Lipinski definition) is 2. The first-order valence-corrected chi connectivity index (χ1v) is 9.43. The van der Waals surface area contributed by atoms with Crippen molar-refractivity contribution in [2.75, 3.05) is 6.61 Å². The number of benzene rings is 4. The second-order valence-electron chi connectivity index (χ2n) is 6.53. The molecule has 2 heteroatoms. The number of hydrogen-bond donors (Lipinski definition) is 0. The van der Waals surface area contributed by atoms with Crippen molar-refractivity contribution in [1.82, 2.24) is 0 Å². The predicted molar refractivity (Wildman–Crippen MR) is 114 cm³/mol. The van der Waals surface area contributed by atoms with E-state index < -0.39 is 0 Å². The van der Waals surface area contributed by atoms with Crippen molar-refractivity contribution in [3.63, 3.8) is 0 Å². The van der Waals surface area contributed by atoms with Crippen molar-refractivity contribution >= 4 is 0 Å². The van der Waals surface area contributed by atoms with E-state index in [0.29, 0.717) is 6.61 Å². The van der Waals surface area contributed by atoms with Crippen molar-refractivity contribution in [3.05, 3.63) is 121 Å². The molecule has 0 amide bonds. The molecule has 1 unspecified atom stereocenters. The zero-order valence-corrected chi connectivity index (χ0v) is 15.6. The minimum absolute atomic E-state index is 0.191. The molecule has 28 heavy (non-hydrogen) atoms. The Hall–Kier alpha value is -3.52. The molecule has 4 rings (SSSR count). The topological polar surface area (TPSA) is 18.5 Å². The molecule has 0 aliphatic rings. The molecule has 1 atom stereocenters. The molecule has 0 fully saturated rings. The van der Waals surface area contributed by atoms with Crippen LogP contribution in [0.25, 0.3) is 11.1 Å². The van der Waals surface area contributed by atoms with E-state index in [1.165, 1.54) is 11.1 Å². The highest BCUT2D eigenvalue weighted by molar-refractivity contribution is 5.63. The number of para-hydroxylation sites is 1. The first-order valence-electron chi connectivity index (χ1n) is 9.43. The quantitative estimate of drug-likeness (QED) is 0.369. The van der Waals surface area contributed by atoms with Gasteiger partial charge in [0.2, 0.25) is 0 Å². The van der Waals surface area contributed by atoms with E-state index in [1.54, 1.807) is 0 Å². The van der Waals surface area contributed by atoms with Gasteiger partial charge in [-0.3, -0.25) is 0 Å². The molecular weight excluding hydrogens is 344 g/mol. The Balaban J connectivity index is 1.50. The summed E-state index contributed by atoms with van der Waals surface area (Å²) >= 11 is 0. The zero-order valence-electron chi connectivity index (χ0n) is 15.6. The Labute approximate surface area is 166 Å². The molecule has 0 spiro atoms. The van der Waals surface area contributed by atoms with Gasteiger partial charge in [0, 0.05) is 0 Å². The lowest BCUT2D eigenvalue weighted by Gasteiger charge is -2.20. The number of rotatable bonds is 7. The maximum Gasteiger partial charge on any atom is 0.158 e. The Bertz CT molecular complexity index is 965. The molecule has 138 valence electrons. The molecule has 4 aromatic carbocycles. The Morgan fingerprint density at radius 1 is 0.500 bits per heavy atom.